The summed E-state index contributed by atoms with van der Waals surface area (Å²) < 4.78 is 0. The van der Waals surface area contributed by atoms with Crippen LogP contribution in [0.15, 0.2) is 66.7 Å². The van der Waals surface area contributed by atoms with Gasteiger partial charge >= 0.3 is 0 Å². The number of nitrogens with zero attached hydrogens (tertiary/aromatic N) is 2. The summed E-state index contributed by atoms with van der Waals surface area (Å²) in [5, 5.41) is 2.73. The van der Waals surface area contributed by atoms with Crippen molar-refractivity contribution in [2.24, 2.45) is 0 Å². The third-order valence-electron chi connectivity index (χ3n) is 5.60. The first kappa shape index (κ1) is 23.3. The molecule has 32 heavy (non-hydrogen) atoms. The second-order valence-corrected chi connectivity index (χ2v) is 8.02. The van der Waals surface area contributed by atoms with Crippen molar-refractivity contribution in [3.63, 3.8) is 0 Å². The Balaban J connectivity index is 1.38. The first-order chi connectivity index (χ1) is 15.5. The molecule has 1 N–H and O–H groups in total. The lowest BCUT2D eigenvalue weighted by atomic mass is 10.1. The molecule has 1 unspecified atom stereocenters. The molecular formula is C26H31N3O3. The fourth-order valence-electron chi connectivity index (χ4n) is 3.76. The van der Waals surface area contributed by atoms with E-state index in [2.05, 4.69) is 17.4 Å². The normalized spacial score (nSPS) is 14.9. The van der Waals surface area contributed by atoms with Crippen molar-refractivity contribution in [2.75, 3.05) is 26.2 Å². The molecule has 2 aromatic rings. The number of piperazine rings is 1. The molecule has 6 nitrogen and oxygen atoms in total. The molecule has 2 aromatic carbocycles. The summed E-state index contributed by atoms with van der Waals surface area (Å²) in [5.41, 5.74) is 2.16. The molecule has 3 rings (SSSR count). The summed E-state index contributed by atoms with van der Waals surface area (Å²) in [6.07, 6.45) is 5.38. The maximum atomic E-state index is 12.7. The van der Waals surface area contributed by atoms with Crippen molar-refractivity contribution >= 4 is 23.8 Å². The van der Waals surface area contributed by atoms with Gasteiger partial charge in [0.25, 0.3) is 0 Å². The number of aryl methyl sites for hydroxylation is 1. The fraction of sp³-hybridized carbons (Fsp3) is 0.346. The number of hydrogen-bond donors (Lipinski definition) is 1. The minimum atomic E-state index is -0.615. The zero-order valence-electron chi connectivity index (χ0n) is 18.6. The molecule has 3 amide bonds. The minimum absolute atomic E-state index is 0.123. The maximum Gasteiger partial charge on any atom is 0.244 e. The van der Waals surface area contributed by atoms with E-state index >= 15 is 0 Å². The maximum absolute atomic E-state index is 12.7. The van der Waals surface area contributed by atoms with Crippen LogP contribution in [0.5, 0.6) is 0 Å². The molecule has 6 heteroatoms. The van der Waals surface area contributed by atoms with Gasteiger partial charge in [-0.1, -0.05) is 60.7 Å². The van der Waals surface area contributed by atoms with E-state index in [0.29, 0.717) is 32.6 Å². The van der Waals surface area contributed by atoms with E-state index in [4.69, 9.17) is 0 Å². The second-order valence-electron chi connectivity index (χ2n) is 8.02. The van der Waals surface area contributed by atoms with Crippen LogP contribution in [-0.2, 0) is 20.8 Å². The summed E-state index contributed by atoms with van der Waals surface area (Å²) in [6, 6.07) is 19.1. The predicted molar refractivity (Wildman–Crippen MR) is 126 cm³/mol. The number of carbonyl (C=O) groups is 3. The van der Waals surface area contributed by atoms with Gasteiger partial charge in [0.15, 0.2) is 0 Å². The molecule has 0 radical (unpaired) electrons. The summed E-state index contributed by atoms with van der Waals surface area (Å²) in [7, 11) is 0. The fourth-order valence-corrected chi connectivity index (χ4v) is 3.76. The Morgan fingerprint density at radius 2 is 1.50 bits per heavy atom. The summed E-state index contributed by atoms with van der Waals surface area (Å²) >= 11 is 0. The Bertz CT molecular complexity index is 920. The second kappa shape index (κ2) is 11.8. The van der Waals surface area contributed by atoms with E-state index in [1.165, 1.54) is 11.6 Å². The molecule has 1 aliphatic rings. The van der Waals surface area contributed by atoms with Crippen molar-refractivity contribution in [3.05, 3.63) is 77.9 Å². The van der Waals surface area contributed by atoms with Gasteiger partial charge < -0.3 is 15.1 Å². The lowest BCUT2D eigenvalue weighted by Crippen LogP contribution is -2.55. The van der Waals surface area contributed by atoms with Gasteiger partial charge in [-0.2, -0.15) is 0 Å². The van der Waals surface area contributed by atoms with Crippen molar-refractivity contribution in [1.29, 1.82) is 0 Å². The highest BCUT2D eigenvalue weighted by Gasteiger charge is 2.27. The Kier molecular flexibility index (Phi) is 8.61. The Morgan fingerprint density at radius 1 is 0.906 bits per heavy atom. The van der Waals surface area contributed by atoms with Crippen LogP contribution in [0.25, 0.3) is 6.08 Å². The van der Waals surface area contributed by atoms with Gasteiger partial charge in [-0.25, -0.2) is 0 Å². The standard InChI is InChI=1S/C26H31N3O3/c1-21(27-24(30)16-15-23-11-6-3-7-12-23)26(32)29-19-17-28(18-20-29)25(31)14-8-13-22-9-4-2-5-10-22/h2-7,9-12,15-16,21H,8,13-14,17-20H2,1H3,(H,27,30)/b16-15+. The van der Waals surface area contributed by atoms with E-state index in [0.717, 1.165) is 18.4 Å². The van der Waals surface area contributed by atoms with Crippen LogP contribution in [0, 0.1) is 0 Å². The lowest BCUT2D eigenvalue weighted by molar-refractivity contribution is -0.141. The molecule has 0 spiro atoms. The number of carbonyl (C=O) groups excluding carboxylic acids is 3. The molecule has 1 aliphatic heterocycles. The van der Waals surface area contributed by atoms with Crippen LogP contribution >= 0.6 is 0 Å². The summed E-state index contributed by atoms with van der Waals surface area (Å²) in [4.78, 5) is 40.9. The molecule has 0 aromatic heterocycles. The van der Waals surface area contributed by atoms with Gasteiger partial charge in [0.05, 0.1) is 0 Å². The molecule has 1 fully saturated rings. The van der Waals surface area contributed by atoms with E-state index in [1.54, 1.807) is 17.9 Å². The average molecular weight is 434 g/mol. The van der Waals surface area contributed by atoms with Crippen LogP contribution in [0.4, 0.5) is 0 Å². The Labute approximate surface area is 189 Å². The largest absolute Gasteiger partial charge is 0.341 e. The zero-order valence-corrected chi connectivity index (χ0v) is 18.6. The topological polar surface area (TPSA) is 69.7 Å². The third-order valence-corrected chi connectivity index (χ3v) is 5.60. The number of rotatable bonds is 8. The van der Waals surface area contributed by atoms with E-state index < -0.39 is 6.04 Å². The molecule has 0 saturated carbocycles. The molecule has 1 atom stereocenters. The predicted octanol–water partition coefficient (Wildman–Crippen LogP) is 2.90. The van der Waals surface area contributed by atoms with Crippen LogP contribution in [0.3, 0.4) is 0 Å². The summed E-state index contributed by atoms with van der Waals surface area (Å²) in [5.74, 6) is -0.287. The molecular weight excluding hydrogens is 402 g/mol. The van der Waals surface area contributed by atoms with Crippen molar-refractivity contribution in [1.82, 2.24) is 15.1 Å². The smallest absolute Gasteiger partial charge is 0.244 e. The van der Waals surface area contributed by atoms with E-state index in [1.807, 2.05) is 53.4 Å². The molecule has 0 aliphatic carbocycles. The Morgan fingerprint density at radius 3 is 2.16 bits per heavy atom. The van der Waals surface area contributed by atoms with Gasteiger partial charge in [0.2, 0.25) is 17.7 Å². The summed E-state index contributed by atoms with van der Waals surface area (Å²) in [6.45, 7) is 3.74. The number of nitrogens with one attached hydrogen (secondary N) is 1. The molecule has 1 saturated heterocycles. The van der Waals surface area contributed by atoms with E-state index in [9.17, 15) is 14.4 Å². The van der Waals surface area contributed by atoms with Crippen LogP contribution in [0.1, 0.15) is 30.9 Å². The van der Waals surface area contributed by atoms with Gasteiger partial charge in [0, 0.05) is 38.7 Å². The molecule has 1 heterocycles. The molecule has 0 bridgehead atoms. The molecule has 168 valence electrons. The van der Waals surface area contributed by atoms with Gasteiger partial charge in [-0.3, -0.25) is 14.4 Å². The van der Waals surface area contributed by atoms with Gasteiger partial charge in [0.1, 0.15) is 6.04 Å². The minimum Gasteiger partial charge on any atom is -0.341 e. The zero-order chi connectivity index (χ0) is 22.8. The first-order valence-electron chi connectivity index (χ1n) is 11.2. The highest BCUT2D eigenvalue weighted by molar-refractivity contribution is 5.95. The van der Waals surface area contributed by atoms with Gasteiger partial charge in [-0.05, 0) is 37.0 Å². The number of hydrogen-bond acceptors (Lipinski definition) is 3. The van der Waals surface area contributed by atoms with Crippen molar-refractivity contribution in [3.8, 4) is 0 Å². The number of benzene rings is 2. The SMILES string of the molecule is CC(NC(=O)/C=C/c1ccccc1)C(=O)N1CCN(C(=O)CCCc2ccccc2)CC1. The monoisotopic (exact) mass is 433 g/mol. The highest BCUT2D eigenvalue weighted by atomic mass is 16.2. The first-order valence-corrected chi connectivity index (χ1v) is 11.2. The Hall–Kier alpha value is -3.41. The third kappa shape index (κ3) is 7.08. The number of amides is 3. The van der Waals surface area contributed by atoms with Gasteiger partial charge in [-0.15, -0.1) is 0 Å². The van der Waals surface area contributed by atoms with Crippen LogP contribution in [0.2, 0.25) is 0 Å². The quantitative estimate of drug-likeness (QED) is 0.651. The highest BCUT2D eigenvalue weighted by Crippen LogP contribution is 2.10. The average Bonchev–Trinajstić information content (AvgIpc) is 2.83. The van der Waals surface area contributed by atoms with Crippen LogP contribution in [-0.4, -0.2) is 59.7 Å². The van der Waals surface area contributed by atoms with Crippen molar-refractivity contribution in [2.45, 2.75) is 32.2 Å². The van der Waals surface area contributed by atoms with Crippen LogP contribution < -0.4 is 5.32 Å². The lowest BCUT2D eigenvalue weighted by Gasteiger charge is -2.36. The van der Waals surface area contributed by atoms with E-state index in [-0.39, 0.29) is 17.7 Å². The van der Waals surface area contributed by atoms with Crippen molar-refractivity contribution < 1.29 is 14.4 Å².